The van der Waals surface area contributed by atoms with Crippen molar-refractivity contribution in [3.63, 3.8) is 0 Å². The van der Waals surface area contributed by atoms with E-state index in [1.807, 2.05) is 19.1 Å². The third kappa shape index (κ3) is 1.37. The fourth-order valence-corrected chi connectivity index (χ4v) is 2.85. The lowest BCUT2D eigenvalue weighted by Gasteiger charge is -2.37. The Balaban J connectivity index is 2.32. The van der Waals surface area contributed by atoms with Crippen molar-refractivity contribution in [3.05, 3.63) is 35.1 Å². The van der Waals surface area contributed by atoms with Gasteiger partial charge in [-0.25, -0.2) is 4.79 Å². The molecule has 0 aliphatic heterocycles. The van der Waals surface area contributed by atoms with Gasteiger partial charge in [0.25, 0.3) is 0 Å². The summed E-state index contributed by atoms with van der Waals surface area (Å²) in [6.07, 6.45) is 4.70. The van der Waals surface area contributed by atoms with Crippen LogP contribution in [0.1, 0.15) is 36.1 Å². The normalized spacial score (nSPS) is 17.2. The van der Waals surface area contributed by atoms with Crippen LogP contribution in [0.5, 0.6) is 0 Å². The Morgan fingerprint density at radius 2 is 2.11 bits per heavy atom. The topological polar surface area (TPSA) is 42.6 Å². The summed E-state index contributed by atoms with van der Waals surface area (Å²) in [5, 5.41) is 1.12. The second-order valence-corrected chi connectivity index (χ2v) is 5.05. The van der Waals surface area contributed by atoms with Crippen molar-refractivity contribution < 1.29 is 9.21 Å². The maximum absolute atomic E-state index is 10.7. The third-order valence-electron chi connectivity index (χ3n) is 4.13. The lowest BCUT2D eigenvalue weighted by molar-refractivity contribution is 0.258. The van der Waals surface area contributed by atoms with Gasteiger partial charge in [0.05, 0.1) is 5.54 Å². The highest BCUT2D eigenvalue weighted by Crippen LogP contribution is 2.48. The molecule has 0 amide bonds. The predicted octanol–water partition coefficient (Wildman–Crippen LogP) is 3.76. The average Bonchev–Trinajstić information content (AvgIpc) is 2.60. The molecule has 1 saturated carbocycles. The van der Waals surface area contributed by atoms with E-state index >= 15 is 0 Å². The number of carbonyl (C=O) groups excluding carboxylic acids is 1. The van der Waals surface area contributed by atoms with Crippen LogP contribution in [0, 0.1) is 13.8 Å². The second-order valence-electron chi connectivity index (χ2n) is 5.05. The van der Waals surface area contributed by atoms with Gasteiger partial charge in [0.1, 0.15) is 11.3 Å². The predicted molar refractivity (Wildman–Crippen MR) is 69.3 cm³/mol. The Kier molecular flexibility index (Phi) is 2.39. The maximum atomic E-state index is 10.7. The number of isocyanates is 1. The number of rotatable bonds is 2. The highest BCUT2D eigenvalue weighted by Gasteiger charge is 2.40. The number of furan rings is 1. The second kappa shape index (κ2) is 3.82. The van der Waals surface area contributed by atoms with Gasteiger partial charge in [-0.05, 0) is 50.3 Å². The molecule has 92 valence electrons. The Morgan fingerprint density at radius 3 is 2.72 bits per heavy atom. The quantitative estimate of drug-likeness (QED) is 0.593. The molecule has 1 aliphatic rings. The number of aliphatic imine (C=N–C) groups is 1. The molecule has 18 heavy (non-hydrogen) atoms. The van der Waals surface area contributed by atoms with Crippen LogP contribution in [-0.2, 0) is 10.3 Å². The van der Waals surface area contributed by atoms with Gasteiger partial charge in [-0.1, -0.05) is 12.1 Å². The van der Waals surface area contributed by atoms with Crippen molar-refractivity contribution in [3.8, 4) is 0 Å². The van der Waals surface area contributed by atoms with E-state index < -0.39 is 0 Å². The number of fused-ring (bicyclic) bond motifs is 1. The first-order chi connectivity index (χ1) is 8.68. The molecule has 1 aromatic carbocycles. The van der Waals surface area contributed by atoms with Crippen molar-refractivity contribution in [2.75, 3.05) is 0 Å². The van der Waals surface area contributed by atoms with E-state index in [-0.39, 0.29) is 5.54 Å². The number of benzene rings is 1. The minimum absolute atomic E-state index is 0.359. The SMILES string of the molecule is Cc1oc2cccc(C3(N=C=O)CCC3)c2c1C. The summed E-state index contributed by atoms with van der Waals surface area (Å²) < 4.78 is 5.74. The Morgan fingerprint density at radius 1 is 1.33 bits per heavy atom. The molecular formula is C15H15NO2. The molecule has 1 aromatic heterocycles. The summed E-state index contributed by atoms with van der Waals surface area (Å²) >= 11 is 0. The van der Waals surface area contributed by atoms with Crippen LogP contribution in [-0.4, -0.2) is 6.08 Å². The van der Waals surface area contributed by atoms with E-state index in [0.717, 1.165) is 47.1 Å². The summed E-state index contributed by atoms with van der Waals surface area (Å²) in [4.78, 5) is 14.8. The summed E-state index contributed by atoms with van der Waals surface area (Å²) in [5.74, 6) is 0.932. The van der Waals surface area contributed by atoms with E-state index in [0.29, 0.717) is 0 Å². The van der Waals surface area contributed by atoms with Gasteiger partial charge in [0, 0.05) is 5.39 Å². The third-order valence-corrected chi connectivity index (χ3v) is 4.13. The van der Waals surface area contributed by atoms with Gasteiger partial charge >= 0.3 is 0 Å². The number of hydrogen-bond donors (Lipinski definition) is 0. The molecule has 3 nitrogen and oxygen atoms in total. The van der Waals surface area contributed by atoms with Crippen LogP contribution in [0.4, 0.5) is 0 Å². The molecule has 0 saturated heterocycles. The van der Waals surface area contributed by atoms with Crippen LogP contribution in [0.3, 0.4) is 0 Å². The van der Waals surface area contributed by atoms with Crippen LogP contribution in [0.2, 0.25) is 0 Å². The molecule has 0 bridgehead atoms. The van der Waals surface area contributed by atoms with Crippen molar-refractivity contribution >= 4 is 17.0 Å². The monoisotopic (exact) mass is 241 g/mol. The van der Waals surface area contributed by atoms with Crippen LogP contribution in [0.15, 0.2) is 27.6 Å². The summed E-state index contributed by atoms with van der Waals surface area (Å²) in [6.45, 7) is 4.03. The summed E-state index contributed by atoms with van der Waals surface area (Å²) in [6, 6.07) is 6.00. The molecule has 0 radical (unpaired) electrons. The molecule has 0 N–H and O–H groups in total. The van der Waals surface area contributed by atoms with E-state index in [9.17, 15) is 4.79 Å². The molecule has 0 unspecified atom stereocenters. The molecule has 0 spiro atoms. The van der Waals surface area contributed by atoms with Crippen molar-refractivity contribution in [2.24, 2.45) is 4.99 Å². The number of aryl methyl sites for hydroxylation is 2. The standard InChI is InChI=1S/C15H15NO2/c1-10-11(2)18-13-6-3-5-12(14(10)13)15(16-9-17)7-4-8-15/h3,5-6H,4,7-8H2,1-2H3. The van der Waals surface area contributed by atoms with E-state index in [2.05, 4.69) is 18.0 Å². The van der Waals surface area contributed by atoms with Crippen LogP contribution < -0.4 is 0 Å². The zero-order valence-electron chi connectivity index (χ0n) is 10.6. The smallest absolute Gasteiger partial charge is 0.235 e. The minimum atomic E-state index is -0.359. The van der Waals surface area contributed by atoms with Crippen LogP contribution in [0.25, 0.3) is 11.0 Å². The van der Waals surface area contributed by atoms with Crippen LogP contribution >= 0.6 is 0 Å². The summed E-state index contributed by atoms with van der Waals surface area (Å²) in [7, 11) is 0. The van der Waals surface area contributed by atoms with Crippen molar-refractivity contribution in [2.45, 2.75) is 38.6 Å². The highest BCUT2D eigenvalue weighted by molar-refractivity contribution is 5.86. The average molecular weight is 241 g/mol. The van der Waals surface area contributed by atoms with Crippen molar-refractivity contribution in [1.29, 1.82) is 0 Å². The molecule has 0 atom stereocenters. The zero-order chi connectivity index (χ0) is 12.8. The Bertz CT molecular complexity index is 658. The minimum Gasteiger partial charge on any atom is -0.461 e. The van der Waals surface area contributed by atoms with Gasteiger partial charge in [0.15, 0.2) is 0 Å². The van der Waals surface area contributed by atoms with Gasteiger partial charge < -0.3 is 4.42 Å². The lowest BCUT2D eigenvalue weighted by atomic mass is 9.71. The molecular weight excluding hydrogens is 226 g/mol. The number of nitrogens with zero attached hydrogens (tertiary/aromatic N) is 1. The summed E-state index contributed by atoms with van der Waals surface area (Å²) in [5.41, 5.74) is 2.79. The molecule has 1 aliphatic carbocycles. The Hall–Kier alpha value is -1.86. The van der Waals surface area contributed by atoms with E-state index in [4.69, 9.17) is 4.42 Å². The van der Waals surface area contributed by atoms with Gasteiger partial charge in [-0.15, -0.1) is 0 Å². The first-order valence-electron chi connectivity index (χ1n) is 6.26. The number of hydrogen-bond acceptors (Lipinski definition) is 3. The van der Waals surface area contributed by atoms with Gasteiger partial charge in [-0.2, -0.15) is 4.99 Å². The molecule has 1 heterocycles. The van der Waals surface area contributed by atoms with E-state index in [1.54, 1.807) is 6.08 Å². The first kappa shape index (κ1) is 11.2. The molecule has 2 aromatic rings. The first-order valence-corrected chi connectivity index (χ1v) is 6.26. The fourth-order valence-electron chi connectivity index (χ4n) is 2.85. The highest BCUT2D eigenvalue weighted by atomic mass is 16.3. The van der Waals surface area contributed by atoms with Gasteiger partial charge in [0.2, 0.25) is 6.08 Å². The fraction of sp³-hybridized carbons (Fsp3) is 0.400. The van der Waals surface area contributed by atoms with Gasteiger partial charge in [-0.3, -0.25) is 0 Å². The molecule has 3 rings (SSSR count). The van der Waals surface area contributed by atoms with Crippen molar-refractivity contribution in [1.82, 2.24) is 0 Å². The van der Waals surface area contributed by atoms with E-state index in [1.165, 1.54) is 0 Å². The zero-order valence-corrected chi connectivity index (χ0v) is 10.6. The largest absolute Gasteiger partial charge is 0.461 e. The molecule has 3 heteroatoms. The Labute approximate surface area is 106 Å². The maximum Gasteiger partial charge on any atom is 0.235 e. The lowest BCUT2D eigenvalue weighted by Crippen LogP contribution is -2.32. The molecule has 1 fully saturated rings.